The smallest absolute Gasteiger partial charge is 0.177 e. The Balaban J connectivity index is 2.63. The van der Waals surface area contributed by atoms with Crippen LogP contribution in [0.1, 0.15) is 12.6 Å². The van der Waals surface area contributed by atoms with Gasteiger partial charge in [-0.3, -0.25) is 0 Å². The Bertz CT molecular complexity index is 305. The molecule has 1 heterocycles. The summed E-state index contributed by atoms with van der Waals surface area (Å²) in [5, 5.41) is 8.96. The first-order valence-corrected chi connectivity index (χ1v) is 4.66. The monoisotopic (exact) mass is 202 g/mol. The zero-order valence-electron chi connectivity index (χ0n) is 7.62. The van der Waals surface area contributed by atoms with Gasteiger partial charge in [0, 0.05) is 19.3 Å². The van der Waals surface area contributed by atoms with Gasteiger partial charge in [0.15, 0.2) is 4.77 Å². The van der Waals surface area contributed by atoms with Gasteiger partial charge in [-0.25, -0.2) is 0 Å². The van der Waals surface area contributed by atoms with E-state index in [9.17, 15) is 0 Å². The van der Waals surface area contributed by atoms with Crippen LogP contribution >= 0.6 is 12.2 Å². The molecule has 0 radical (unpaired) electrons. The highest BCUT2D eigenvalue weighted by Gasteiger charge is 2.01. The molecule has 74 valence electrons. The number of nitrogens with one attached hydrogen (secondary N) is 1. The lowest BCUT2D eigenvalue weighted by atomic mass is 10.5. The maximum atomic E-state index is 8.96. The third-order valence-corrected chi connectivity index (χ3v) is 2.12. The van der Waals surface area contributed by atoms with Gasteiger partial charge in [0.2, 0.25) is 0 Å². The van der Waals surface area contributed by atoms with E-state index in [0.29, 0.717) is 24.5 Å². The highest BCUT2D eigenvalue weighted by molar-refractivity contribution is 7.71. The van der Waals surface area contributed by atoms with Gasteiger partial charge in [0.05, 0.1) is 18.9 Å². The number of rotatable bonds is 5. The van der Waals surface area contributed by atoms with Gasteiger partial charge in [-0.1, -0.05) is 0 Å². The number of nitrogens with zero attached hydrogens (tertiary/aromatic N) is 1. The first-order valence-electron chi connectivity index (χ1n) is 4.25. The van der Waals surface area contributed by atoms with Crippen LogP contribution < -0.4 is 0 Å². The topological polar surface area (TPSA) is 50.2 Å². The molecule has 1 aromatic rings. The van der Waals surface area contributed by atoms with Gasteiger partial charge < -0.3 is 19.4 Å². The summed E-state index contributed by atoms with van der Waals surface area (Å²) in [5.41, 5.74) is 0.796. The third kappa shape index (κ3) is 2.65. The van der Waals surface area contributed by atoms with Crippen LogP contribution in [0.15, 0.2) is 6.20 Å². The summed E-state index contributed by atoms with van der Waals surface area (Å²) in [4.78, 5) is 2.88. The molecular formula is C8H14N2O2S. The van der Waals surface area contributed by atoms with Crippen LogP contribution in [0.5, 0.6) is 0 Å². The maximum Gasteiger partial charge on any atom is 0.177 e. The lowest BCUT2D eigenvalue weighted by Crippen LogP contribution is -2.08. The number of H-pyrrole nitrogens is 1. The Labute approximate surface area is 82.2 Å². The molecule has 0 aromatic carbocycles. The second-order valence-corrected chi connectivity index (χ2v) is 2.98. The molecular weight excluding hydrogens is 188 g/mol. The van der Waals surface area contributed by atoms with Gasteiger partial charge in [-0.15, -0.1) is 0 Å². The van der Waals surface area contributed by atoms with Crippen molar-refractivity contribution in [2.45, 2.75) is 20.1 Å². The van der Waals surface area contributed by atoms with E-state index in [1.807, 2.05) is 11.5 Å². The van der Waals surface area contributed by atoms with Gasteiger partial charge in [0.25, 0.3) is 0 Å². The normalized spacial score (nSPS) is 10.6. The molecule has 0 aliphatic heterocycles. The van der Waals surface area contributed by atoms with Crippen molar-refractivity contribution in [1.29, 1.82) is 0 Å². The van der Waals surface area contributed by atoms with Crippen LogP contribution in [0.2, 0.25) is 0 Å². The fraction of sp³-hybridized carbons (Fsp3) is 0.625. The largest absolute Gasteiger partial charge is 0.390 e. The SMILES string of the molecule is CCOCCn1c(CO)c[nH]c1=S. The minimum absolute atomic E-state index is 0.000729. The van der Waals surface area contributed by atoms with Crippen LogP contribution in [0.4, 0.5) is 0 Å². The van der Waals surface area contributed by atoms with Crippen molar-refractivity contribution < 1.29 is 9.84 Å². The van der Waals surface area contributed by atoms with Crippen LogP contribution in [0, 0.1) is 4.77 Å². The Morgan fingerprint density at radius 3 is 3.08 bits per heavy atom. The zero-order valence-corrected chi connectivity index (χ0v) is 8.43. The molecule has 1 rings (SSSR count). The predicted octanol–water partition coefficient (Wildman–Crippen LogP) is 1.07. The highest BCUT2D eigenvalue weighted by Crippen LogP contribution is 2.01. The number of aliphatic hydroxyl groups excluding tert-OH is 1. The van der Waals surface area contributed by atoms with E-state index in [2.05, 4.69) is 4.98 Å². The molecule has 0 bridgehead atoms. The molecule has 0 aliphatic rings. The Morgan fingerprint density at radius 1 is 1.69 bits per heavy atom. The van der Waals surface area contributed by atoms with Crippen molar-refractivity contribution in [2.75, 3.05) is 13.2 Å². The summed E-state index contributed by atoms with van der Waals surface area (Å²) in [6.45, 7) is 3.95. The van der Waals surface area contributed by atoms with Crippen molar-refractivity contribution in [1.82, 2.24) is 9.55 Å². The second kappa shape index (κ2) is 5.16. The molecule has 0 saturated heterocycles. The number of aromatic nitrogens is 2. The predicted molar refractivity (Wildman–Crippen MR) is 52.0 cm³/mol. The summed E-state index contributed by atoms with van der Waals surface area (Å²) in [6, 6.07) is 0. The van der Waals surface area contributed by atoms with E-state index >= 15 is 0 Å². The number of hydrogen-bond acceptors (Lipinski definition) is 3. The van der Waals surface area contributed by atoms with Gasteiger partial charge in [-0.05, 0) is 19.1 Å². The number of imidazole rings is 1. The van der Waals surface area contributed by atoms with E-state index in [0.717, 1.165) is 5.69 Å². The molecule has 4 nitrogen and oxygen atoms in total. The van der Waals surface area contributed by atoms with Crippen LogP contribution in [0.25, 0.3) is 0 Å². The molecule has 2 N–H and O–H groups in total. The molecule has 0 aliphatic carbocycles. The van der Waals surface area contributed by atoms with E-state index in [1.165, 1.54) is 0 Å². The van der Waals surface area contributed by atoms with Crippen molar-refractivity contribution in [3.8, 4) is 0 Å². The maximum absolute atomic E-state index is 8.96. The van der Waals surface area contributed by atoms with Crippen LogP contribution in [-0.4, -0.2) is 27.9 Å². The van der Waals surface area contributed by atoms with Gasteiger partial charge >= 0.3 is 0 Å². The minimum Gasteiger partial charge on any atom is -0.390 e. The molecule has 13 heavy (non-hydrogen) atoms. The molecule has 0 atom stereocenters. The molecule has 0 fully saturated rings. The van der Waals surface area contributed by atoms with Gasteiger partial charge in [-0.2, -0.15) is 0 Å². The number of hydrogen-bond donors (Lipinski definition) is 2. The second-order valence-electron chi connectivity index (χ2n) is 2.59. The fourth-order valence-electron chi connectivity index (χ4n) is 1.11. The average Bonchev–Trinajstić information content (AvgIpc) is 2.48. The molecule has 0 amide bonds. The summed E-state index contributed by atoms with van der Waals surface area (Å²) in [6.07, 6.45) is 1.72. The lowest BCUT2D eigenvalue weighted by molar-refractivity contribution is 0.136. The standard InChI is InChI=1S/C8H14N2O2S/c1-2-12-4-3-10-7(6-11)5-9-8(10)13/h5,11H,2-4,6H2,1H3,(H,9,13). The van der Waals surface area contributed by atoms with Crippen LogP contribution in [-0.2, 0) is 17.9 Å². The Kier molecular flexibility index (Phi) is 4.14. The van der Waals surface area contributed by atoms with Crippen LogP contribution in [0.3, 0.4) is 0 Å². The molecule has 1 aromatic heterocycles. The zero-order chi connectivity index (χ0) is 9.68. The van der Waals surface area contributed by atoms with E-state index in [1.54, 1.807) is 6.20 Å². The summed E-state index contributed by atoms with van der Waals surface area (Å²) >= 11 is 5.03. The number of aliphatic hydroxyl groups is 1. The Morgan fingerprint density at radius 2 is 2.46 bits per heavy atom. The summed E-state index contributed by atoms with van der Waals surface area (Å²) < 4.78 is 7.67. The fourth-order valence-corrected chi connectivity index (χ4v) is 1.38. The Hall–Kier alpha value is -0.650. The lowest BCUT2D eigenvalue weighted by Gasteiger charge is -2.05. The van der Waals surface area contributed by atoms with Gasteiger partial charge in [0.1, 0.15) is 0 Å². The van der Waals surface area contributed by atoms with Crippen molar-refractivity contribution in [3.05, 3.63) is 16.7 Å². The average molecular weight is 202 g/mol. The first-order chi connectivity index (χ1) is 6.29. The molecule has 5 heteroatoms. The first kappa shape index (κ1) is 10.4. The summed E-state index contributed by atoms with van der Waals surface area (Å²) in [5.74, 6) is 0. The van der Waals surface area contributed by atoms with E-state index in [4.69, 9.17) is 22.1 Å². The quantitative estimate of drug-likeness (QED) is 0.555. The third-order valence-electron chi connectivity index (χ3n) is 1.78. The number of aromatic amines is 1. The molecule has 0 unspecified atom stereocenters. The highest BCUT2D eigenvalue weighted by atomic mass is 32.1. The van der Waals surface area contributed by atoms with Crippen molar-refractivity contribution >= 4 is 12.2 Å². The summed E-state index contributed by atoms with van der Waals surface area (Å²) in [7, 11) is 0. The molecule has 0 saturated carbocycles. The van der Waals surface area contributed by atoms with Crippen molar-refractivity contribution in [2.24, 2.45) is 0 Å². The van der Waals surface area contributed by atoms with E-state index in [-0.39, 0.29) is 6.61 Å². The van der Waals surface area contributed by atoms with E-state index < -0.39 is 0 Å². The van der Waals surface area contributed by atoms with Crippen molar-refractivity contribution in [3.63, 3.8) is 0 Å². The minimum atomic E-state index is -0.000729. The molecule has 0 spiro atoms. The number of ether oxygens (including phenoxy) is 1.